The Balaban J connectivity index is 1.69. The topological polar surface area (TPSA) is 41.6 Å². The molecule has 1 heterocycles. The van der Waals surface area contributed by atoms with Crippen molar-refractivity contribution in [2.75, 3.05) is 26.2 Å². The summed E-state index contributed by atoms with van der Waals surface area (Å²) in [5.74, 6) is 0.582. The monoisotopic (exact) mass is 338 g/mol. The molecule has 1 aromatic carbocycles. The number of carbonyl (C=O) groups excluding carboxylic acids is 1. The Labute approximate surface area is 144 Å². The van der Waals surface area contributed by atoms with Crippen molar-refractivity contribution in [3.05, 3.63) is 29.3 Å². The van der Waals surface area contributed by atoms with Crippen LogP contribution in [-0.4, -0.2) is 43.1 Å². The molecule has 0 spiro atoms. The number of halogens is 1. The zero-order valence-corrected chi connectivity index (χ0v) is 14.6. The summed E-state index contributed by atoms with van der Waals surface area (Å²) in [5, 5.41) is 3.59. The van der Waals surface area contributed by atoms with Crippen LogP contribution >= 0.6 is 11.6 Å². The van der Waals surface area contributed by atoms with E-state index in [0.717, 1.165) is 13.0 Å². The Hall–Kier alpha value is -1.26. The summed E-state index contributed by atoms with van der Waals surface area (Å²) in [4.78, 5) is 14.7. The smallest absolute Gasteiger partial charge is 0.261 e. The highest BCUT2D eigenvalue weighted by Gasteiger charge is 2.18. The zero-order chi connectivity index (χ0) is 16.5. The molecule has 23 heavy (non-hydrogen) atoms. The first-order chi connectivity index (χ1) is 11.2. The summed E-state index contributed by atoms with van der Waals surface area (Å²) < 4.78 is 5.75. The molecule has 1 N–H and O–H groups in total. The van der Waals surface area contributed by atoms with E-state index in [9.17, 15) is 4.79 Å². The van der Waals surface area contributed by atoms with Crippen LogP contribution in [0.4, 0.5) is 0 Å². The Morgan fingerprint density at radius 3 is 2.83 bits per heavy atom. The van der Waals surface area contributed by atoms with E-state index >= 15 is 0 Å². The van der Waals surface area contributed by atoms with Gasteiger partial charge >= 0.3 is 0 Å². The van der Waals surface area contributed by atoms with Crippen LogP contribution in [-0.2, 0) is 4.79 Å². The summed E-state index contributed by atoms with van der Waals surface area (Å²) in [6, 6.07) is 7.16. The van der Waals surface area contributed by atoms with Crippen molar-refractivity contribution in [1.82, 2.24) is 10.2 Å². The minimum atomic E-state index is -0.469. The highest BCUT2D eigenvalue weighted by molar-refractivity contribution is 6.30. The van der Waals surface area contributed by atoms with Crippen LogP contribution in [0.1, 0.15) is 39.0 Å². The largest absolute Gasteiger partial charge is 0.481 e. The summed E-state index contributed by atoms with van der Waals surface area (Å²) >= 11 is 5.94. The third-order valence-corrected chi connectivity index (χ3v) is 4.37. The number of benzene rings is 1. The lowest BCUT2D eigenvalue weighted by molar-refractivity contribution is -0.128. The van der Waals surface area contributed by atoms with E-state index in [-0.39, 0.29) is 5.91 Å². The molecule has 0 bridgehead atoms. The Morgan fingerprint density at radius 1 is 1.35 bits per heavy atom. The molecule has 0 saturated carbocycles. The molecule has 2 rings (SSSR count). The molecular formula is C18H27ClN2O2. The molecule has 0 aromatic heterocycles. The fraction of sp³-hybridized carbons (Fsp3) is 0.611. The number of nitrogens with one attached hydrogen (secondary N) is 1. The molecule has 5 heteroatoms. The molecule has 1 unspecified atom stereocenters. The average molecular weight is 339 g/mol. The molecule has 0 radical (unpaired) electrons. The molecule has 1 fully saturated rings. The lowest BCUT2D eigenvalue weighted by Crippen LogP contribution is -2.39. The highest BCUT2D eigenvalue weighted by atomic mass is 35.5. The molecule has 1 atom stereocenters. The second-order valence-electron chi connectivity index (χ2n) is 6.02. The van der Waals surface area contributed by atoms with Crippen molar-refractivity contribution in [2.24, 2.45) is 0 Å². The van der Waals surface area contributed by atoms with E-state index in [1.54, 1.807) is 12.1 Å². The molecule has 128 valence electrons. The lowest BCUT2D eigenvalue weighted by Gasteiger charge is -2.26. The fourth-order valence-electron chi connectivity index (χ4n) is 2.84. The standard InChI is InChI=1S/C18H27ClN2O2/c1-2-17(23-16-9-6-8-15(19)14-16)18(22)20-10-7-13-21-11-4-3-5-12-21/h6,8-9,14,17H,2-5,7,10-13H2,1H3,(H,20,22). The van der Waals surface area contributed by atoms with Gasteiger partial charge in [0.05, 0.1) is 0 Å². The van der Waals surface area contributed by atoms with Crippen LogP contribution in [0, 0.1) is 0 Å². The number of amides is 1. The Kier molecular flexibility index (Phi) is 7.69. The van der Waals surface area contributed by atoms with E-state index in [0.29, 0.717) is 23.7 Å². The number of piperidine rings is 1. The summed E-state index contributed by atoms with van der Waals surface area (Å²) in [6.45, 7) is 6.10. The first kappa shape index (κ1) is 18.1. The maximum atomic E-state index is 12.2. The molecule has 1 aliphatic heterocycles. The third kappa shape index (κ3) is 6.40. The normalized spacial score (nSPS) is 16.8. The lowest BCUT2D eigenvalue weighted by atomic mass is 10.1. The van der Waals surface area contributed by atoms with Crippen LogP contribution in [0.5, 0.6) is 5.75 Å². The van der Waals surface area contributed by atoms with Crippen molar-refractivity contribution in [3.8, 4) is 5.75 Å². The van der Waals surface area contributed by atoms with Crippen LogP contribution in [0.2, 0.25) is 5.02 Å². The van der Waals surface area contributed by atoms with Gasteiger partial charge in [0, 0.05) is 11.6 Å². The highest BCUT2D eigenvalue weighted by Crippen LogP contribution is 2.19. The second-order valence-corrected chi connectivity index (χ2v) is 6.46. The van der Waals surface area contributed by atoms with Crippen LogP contribution in [0.15, 0.2) is 24.3 Å². The van der Waals surface area contributed by atoms with E-state index < -0.39 is 6.10 Å². The van der Waals surface area contributed by atoms with Gasteiger partial charge in [-0.2, -0.15) is 0 Å². The molecule has 1 amide bonds. The summed E-state index contributed by atoms with van der Waals surface area (Å²) in [6.07, 6.45) is 5.11. The SMILES string of the molecule is CCC(Oc1cccc(Cl)c1)C(=O)NCCCN1CCCCC1. The minimum absolute atomic E-state index is 0.0499. The van der Waals surface area contributed by atoms with Gasteiger partial charge in [0.1, 0.15) is 5.75 Å². The number of hydrogen-bond acceptors (Lipinski definition) is 3. The van der Waals surface area contributed by atoms with Gasteiger partial charge in [-0.25, -0.2) is 0 Å². The van der Waals surface area contributed by atoms with Gasteiger partial charge < -0.3 is 15.0 Å². The van der Waals surface area contributed by atoms with Crippen molar-refractivity contribution >= 4 is 17.5 Å². The minimum Gasteiger partial charge on any atom is -0.481 e. The maximum absolute atomic E-state index is 12.2. The number of hydrogen-bond donors (Lipinski definition) is 1. The Morgan fingerprint density at radius 2 is 2.13 bits per heavy atom. The maximum Gasteiger partial charge on any atom is 0.261 e. The van der Waals surface area contributed by atoms with Gasteiger partial charge in [0.25, 0.3) is 5.91 Å². The molecule has 1 aliphatic rings. The molecule has 0 aliphatic carbocycles. The molecular weight excluding hydrogens is 312 g/mol. The predicted molar refractivity (Wildman–Crippen MR) is 94.1 cm³/mol. The van der Waals surface area contributed by atoms with E-state index in [2.05, 4.69) is 10.2 Å². The first-order valence-corrected chi connectivity index (χ1v) is 8.99. The third-order valence-electron chi connectivity index (χ3n) is 4.14. The van der Waals surface area contributed by atoms with Crippen LogP contribution in [0.3, 0.4) is 0 Å². The van der Waals surface area contributed by atoms with Gasteiger partial charge in [-0.05, 0) is 63.5 Å². The van der Waals surface area contributed by atoms with Gasteiger partial charge in [0.15, 0.2) is 6.10 Å². The summed E-state index contributed by atoms with van der Waals surface area (Å²) in [5.41, 5.74) is 0. The van der Waals surface area contributed by atoms with Crippen molar-refractivity contribution in [1.29, 1.82) is 0 Å². The number of rotatable bonds is 8. The number of nitrogens with zero attached hydrogens (tertiary/aromatic N) is 1. The molecule has 1 saturated heterocycles. The van der Waals surface area contributed by atoms with Gasteiger partial charge in [-0.15, -0.1) is 0 Å². The van der Waals surface area contributed by atoms with E-state index in [1.165, 1.54) is 32.4 Å². The van der Waals surface area contributed by atoms with Crippen molar-refractivity contribution < 1.29 is 9.53 Å². The average Bonchev–Trinajstić information content (AvgIpc) is 2.57. The first-order valence-electron chi connectivity index (χ1n) is 8.61. The molecule has 1 aromatic rings. The molecule has 4 nitrogen and oxygen atoms in total. The van der Waals surface area contributed by atoms with E-state index in [4.69, 9.17) is 16.3 Å². The van der Waals surface area contributed by atoms with Crippen LogP contribution in [0.25, 0.3) is 0 Å². The van der Waals surface area contributed by atoms with Crippen molar-refractivity contribution in [3.63, 3.8) is 0 Å². The zero-order valence-electron chi connectivity index (χ0n) is 13.9. The number of ether oxygens (including phenoxy) is 1. The van der Waals surface area contributed by atoms with Gasteiger partial charge in [0.2, 0.25) is 0 Å². The van der Waals surface area contributed by atoms with Gasteiger partial charge in [-0.1, -0.05) is 31.0 Å². The van der Waals surface area contributed by atoms with E-state index in [1.807, 2.05) is 19.1 Å². The Bertz CT molecular complexity index is 490. The van der Waals surface area contributed by atoms with Crippen LogP contribution < -0.4 is 10.1 Å². The quantitative estimate of drug-likeness (QED) is 0.738. The second kappa shape index (κ2) is 9.78. The number of carbonyl (C=O) groups is 1. The van der Waals surface area contributed by atoms with Crippen molar-refractivity contribution in [2.45, 2.75) is 45.1 Å². The predicted octanol–water partition coefficient (Wildman–Crippen LogP) is 3.49. The number of likely N-dealkylation sites (tertiary alicyclic amines) is 1. The van der Waals surface area contributed by atoms with Gasteiger partial charge in [-0.3, -0.25) is 4.79 Å². The summed E-state index contributed by atoms with van der Waals surface area (Å²) in [7, 11) is 0. The fourth-order valence-corrected chi connectivity index (χ4v) is 3.02.